The van der Waals surface area contributed by atoms with E-state index in [1.54, 1.807) is 25.7 Å². The summed E-state index contributed by atoms with van der Waals surface area (Å²) in [6.45, 7) is 0. The van der Waals surface area contributed by atoms with E-state index in [1.165, 1.54) is 6.42 Å². The summed E-state index contributed by atoms with van der Waals surface area (Å²) in [5.41, 5.74) is 0.847. The van der Waals surface area contributed by atoms with Crippen LogP contribution in [0.1, 0.15) is 32.1 Å². The normalized spacial score (nSPS) is 63.9. The highest BCUT2D eigenvalue weighted by molar-refractivity contribution is 9.09. The zero-order valence-corrected chi connectivity index (χ0v) is 7.73. The van der Waals surface area contributed by atoms with Crippen molar-refractivity contribution in [1.29, 1.82) is 0 Å². The summed E-state index contributed by atoms with van der Waals surface area (Å²) in [5, 5.41) is 0. The average Bonchev–Trinajstić information content (AvgIpc) is 2.34. The third-order valence-corrected chi connectivity index (χ3v) is 5.38. The van der Waals surface area contributed by atoms with Gasteiger partial charge in [-0.15, -0.1) is 0 Å². The first kappa shape index (κ1) is 6.05. The van der Waals surface area contributed by atoms with Crippen LogP contribution in [0.3, 0.4) is 0 Å². The van der Waals surface area contributed by atoms with Crippen LogP contribution < -0.4 is 0 Å². The molecule has 0 aromatic carbocycles. The van der Waals surface area contributed by atoms with Crippen molar-refractivity contribution in [1.82, 2.24) is 0 Å². The van der Waals surface area contributed by atoms with Crippen molar-refractivity contribution in [2.24, 2.45) is 17.3 Å². The maximum absolute atomic E-state index is 3.79. The van der Waals surface area contributed by atoms with Gasteiger partial charge in [-0.1, -0.05) is 15.9 Å². The molecule has 0 amide bonds. The predicted molar refractivity (Wildman–Crippen MR) is 45.2 cm³/mol. The molecule has 3 rings (SSSR count). The minimum Gasteiger partial charge on any atom is -0.0884 e. The molecule has 0 N–H and O–H groups in total. The van der Waals surface area contributed by atoms with Gasteiger partial charge in [0.15, 0.2) is 0 Å². The molecule has 56 valence electrons. The zero-order chi connectivity index (χ0) is 6.77. The van der Waals surface area contributed by atoms with Gasteiger partial charge in [0.2, 0.25) is 0 Å². The van der Waals surface area contributed by atoms with E-state index in [-0.39, 0.29) is 0 Å². The molecule has 1 atom stereocenters. The van der Waals surface area contributed by atoms with E-state index in [1.807, 2.05) is 0 Å². The Morgan fingerprint density at radius 1 is 1.00 bits per heavy atom. The molecule has 3 aliphatic carbocycles. The molecule has 0 heterocycles. The monoisotopic (exact) mass is 200 g/mol. The van der Waals surface area contributed by atoms with Gasteiger partial charge >= 0.3 is 0 Å². The molecule has 1 unspecified atom stereocenters. The lowest BCUT2D eigenvalue weighted by atomic mass is 9.95. The van der Waals surface area contributed by atoms with Gasteiger partial charge < -0.3 is 0 Å². The van der Waals surface area contributed by atoms with Crippen LogP contribution in [0.25, 0.3) is 0 Å². The van der Waals surface area contributed by atoms with Crippen molar-refractivity contribution in [2.45, 2.75) is 36.9 Å². The number of rotatable bonds is 0. The van der Waals surface area contributed by atoms with Crippen LogP contribution in [0.4, 0.5) is 0 Å². The van der Waals surface area contributed by atoms with Gasteiger partial charge in [-0.05, 0) is 49.4 Å². The molecule has 0 saturated heterocycles. The molecular formula is C9H13Br. The highest BCUT2D eigenvalue weighted by Gasteiger charge is 2.67. The predicted octanol–water partition coefficient (Wildman–Crippen LogP) is 2.96. The largest absolute Gasteiger partial charge is 0.0884 e. The van der Waals surface area contributed by atoms with Gasteiger partial charge in [0.05, 0.1) is 0 Å². The van der Waals surface area contributed by atoms with E-state index in [9.17, 15) is 0 Å². The van der Waals surface area contributed by atoms with Crippen LogP contribution >= 0.6 is 15.9 Å². The molecule has 0 nitrogen and oxygen atoms in total. The van der Waals surface area contributed by atoms with Gasteiger partial charge in [-0.3, -0.25) is 0 Å². The smallest absolute Gasteiger partial charge is 0.0213 e. The van der Waals surface area contributed by atoms with Gasteiger partial charge in [0.25, 0.3) is 0 Å². The van der Waals surface area contributed by atoms with Gasteiger partial charge in [-0.25, -0.2) is 0 Å². The second kappa shape index (κ2) is 1.63. The standard InChI is InChI=1S/C9H13Br/c10-8-5-9(8)6-1-2-7(9)4-3-6/h6-8H,1-5H2. The molecule has 0 radical (unpaired) electrons. The van der Waals surface area contributed by atoms with E-state index < -0.39 is 0 Å². The fraction of sp³-hybridized carbons (Fsp3) is 1.00. The van der Waals surface area contributed by atoms with Crippen molar-refractivity contribution in [3.8, 4) is 0 Å². The van der Waals surface area contributed by atoms with E-state index in [0.29, 0.717) is 0 Å². The topological polar surface area (TPSA) is 0 Å². The number of hydrogen-bond donors (Lipinski definition) is 0. The fourth-order valence-corrected chi connectivity index (χ4v) is 4.91. The summed E-state index contributed by atoms with van der Waals surface area (Å²) < 4.78 is 0. The Bertz CT molecular complexity index is 156. The third kappa shape index (κ3) is 0.479. The summed E-state index contributed by atoms with van der Waals surface area (Å²) in [4.78, 5) is 0.917. The average molecular weight is 201 g/mol. The Hall–Kier alpha value is 0.480. The SMILES string of the molecule is BrC1CC12C1CCC2CC1. The van der Waals surface area contributed by atoms with Crippen LogP contribution in [-0.4, -0.2) is 4.83 Å². The number of alkyl halides is 1. The first-order chi connectivity index (χ1) is 4.84. The highest BCUT2D eigenvalue weighted by Crippen LogP contribution is 2.73. The van der Waals surface area contributed by atoms with E-state index in [4.69, 9.17) is 0 Å². The first-order valence-electron chi connectivity index (χ1n) is 4.48. The molecule has 0 aromatic rings. The van der Waals surface area contributed by atoms with Crippen molar-refractivity contribution < 1.29 is 0 Å². The van der Waals surface area contributed by atoms with Crippen LogP contribution in [0.2, 0.25) is 0 Å². The maximum Gasteiger partial charge on any atom is 0.0213 e. The molecule has 3 fully saturated rings. The molecule has 10 heavy (non-hydrogen) atoms. The second-order valence-electron chi connectivity index (χ2n) is 4.33. The molecule has 3 aliphatic rings. The first-order valence-corrected chi connectivity index (χ1v) is 5.39. The lowest BCUT2D eigenvalue weighted by Gasteiger charge is -2.12. The van der Waals surface area contributed by atoms with Crippen molar-refractivity contribution in [3.05, 3.63) is 0 Å². The van der Waals surface area contributed by atoms with Crippen LogP contribution in [-0.2, 0) is 0 Å². The quantitative estimate of drug-likeness (QED) is 0.528. The lowest BCUT2D eigenvalue weighted by molar-refractivity contribution is 0.384. The Morgan fingerprint density at radius 2 is 1.40 bits per heavy atom. The molecule has 0 aromatic heterocycles. The Labute approximate surface area is 70.5 Å². The molecular weight excluding hydrogens is 188 g/mol. The second-order valence-corrected chi connectivity index (χ2v) is 5.44. The summed E-state index contributed by atoms with van der Waals surface area (Å²) >= 11 is 3.79. The molecule has 2 bridgehead atoms. The number of halogens is 1. The van der Waals surface area contributed by atoms with E-state index in [0.717, 1.165) is 22.1 Å². The molecule has 1 heteroatoms. The van der Waals surface area contributed by atoms with Crippen LogP contribution in [0.5, 0.6) is 0 Å². The minimum absolute atomic E-state index is 0.847. The van der Waals surface area contributed by atoms with E-state index in [2.05, 4.69) is 15.9 Å². The highest BCUT2D eigenvalue weighted by atomic mass is 79.9. The van der Waals surface area contributed by atoms with Crippen LogP contribution in [0, 0.1) is 17.3 Å². The van der Waals surface area contributed by atoms with Crippen molar-refractivity contribution in [3.63, 3.8) is 0 Å². The Kier molecular flexibility index (Phi) is 0.983. The van der Waals surface area contributed by atoms with Gasteiger partial charge in [0.1, 0.15) is 0 Å². The lowest BCUT2D eigenvalue weighted by Crippen LogP contribution is -2.09. The minimum atomic E-state index is 0.847. The van der Waals surface area contributed by atoms with Crippen molar-refractivity contribution >= 4 is 15.9 Å². The summed E-state index contributed by atoms with van der Waals surface area (Å²) in [7, 11) is 0. The summed E-state index contributed by atoms with van der Waals surface area (Å²) in [6.07, 6.45) is 7.70. The van der Waals surface area contributed by atoms with Crippen LogP contribution in [0.15, 0.2) is 0 Å². The molecule has 3 saturated carbocycles. The molecule has 0 aliphatic heterocycles. The fourth-order valence-electron chi connectivity index (χ4n) is 3.60. The Balaban J connectivity index is 1.99. The van der Waals surface area contributed by atoms with E-state index >= 15 is 0 Å². The third-order valence-electron chi connectivity index (χ3n) is 4.20. The summed E-state index contributed by atoms with van der Waals surface area (Å²) in [6, 6.07) is 0. The zero-order valence-electron chi connectivity index (χ0n) is 6.15. The van der Waals surface area contributed by atoms with Crippen molar-refractivity contribution in [2.75, 3.05) is 0 Å². The maximum atomic E-state index is 3.79. The number of hydrogen-bond acceptors (Lipinski definition) is 0. The summed E-state index contributed by atoms with van der Waals surface area (Å²) in [5.74, 6) is 2.25. The van der Waals surface area contributed by atoms with Gasteiger partial charge in [-0.2, -0.15) is 0 Å². The molecule has 1 spiro atoms. The van der Waals surface area contributed by atoms with Gasteiger partial charge in [0, 0.05) is 4.83 Å². The Morgan fingerprint density at radius 3 is 1.60 bits per heavy atom.